The van der Waals surface area contributed by atoms with Gasteiger partial charge in [0, 0.05) is 6.54 Å². The van der Waals surface area contributed by atoms with E-state index in [1.165, 1.54) is 0 Å². The fourth-order valence-corrected chi connectivity index (χ4v) is 1.25. The summed E-state index contributed by atoms with van der Waals surface area (Å²) in [5.74, 6) is -1.29. The van der Waals surface area contributed by atoms with E-state index in [0.29, 0.717) is 17.0 Å². The normalized spacial score (nSPS) is 11.1. The van der Waals surface area contributed by atoms with Gasteiger partial charge in [-0.1, -0.05) is 0 Å². The maximum Gasteiger partial charge on any atom is 0.310 e. The van der Waals surface area contributed by atoms with E-state index in [9.17, 15) is 9.59 Å². The Kier molecular flexibility index (Phi) is 4.00. The molecule has 0 unspecified atom stereocenters. The van der Waals surface area contributed by atoms with E-state index in [-0.39, 0.29) is 12.5 Å². The van der Waals surface area contributed by atoms with Gasteiger partial charge >= 0.3 is 5.97 Å². The van der Waals surface area contributed by atoms with Gasteiger partial charge in [0.2, 0.25) is 0 Å². The van der Waals surface area contributed by atoms with Crippen molar-refractivity contribution in [3.8, 4) is 0 Å². The van der Waals surface area contributed by atoms with Gasteiger partial charge < -0.3 is 10.4 Å². The highest BCUT2D eigenvalue weighted by molar-refractivity contribution is 5.95. The molecule has 98 valence electrons. The zero-order valence-electron chi connectivity index (χ0n) is 10.9. The highest BCUT2D eigenvalue weighted by Gasteiger charge is 2.28. The van der Waals surface area contributed by atoms with E-state index in [2.05, 4.69) is 15.5 Å². The first kappa shape index (κ1) is 14.1. The van der Waals surface area contributed by atoms with Crippen LogP contribution in [0, 0.1) is 19.3 Å². The average Bonchev–Trinajstić information content (AvgIpc) is 2.29. The Morgan fingerprint density at radius 3 is 2.50 bits per heavy atom. The number of carboxylic acid groups (broad SMARTS) is 1. The summed E-state index contributed by atoms with van der Waals surface area (Å²) in [6, 6.07) is 1.63. The highest BCUT2D eigenvalue weighted by Crippen LogP contribution is 2.14. The predicted octanol–water partition coefficient (Wildman–Crippen LogP) is 0.934. The first-order valence-corrected chi connectivity index (χ1v) is 5.56. The second kappa shape index (κ2) is 5.12. The van der Waals surface area contributed by atoms with E-state index in [4.69, 9.17) is 5.11 Å². The number of aryl methyl sites for hydroxylation is 2. The van der Waals surface area contributed by atoms with E-state index < -0.39 is 11.4 Å². The molecule has 0 aromatic carbocycles. The third-order valence-electron chi connectivity index (χ3n) is 2.62. The number of hydrogen-bond acceptors (Lipinski definition) is 4. The minimum absolute atomic E-state index is 0.0575. The minimum Gasteiger partial charge on any atom is -0.481 e. The molecule has 1 aromatic heterocycles. The maximum atomic E-state index is 11.9. The third-order valence-corrected chi connectivity index (χ3v) is 2.62. The first-order chi connectivity index (χ1) is 8.24. The number of carbonyl (C=O) groups is 2. The van der Waals surface area contributed by atoms with Crippen LogP contribution in [-0.4, -0.2) is 33.7 Å². The van der Waals surface area contributed by atoms with Crippen molar-refractivity contribution in [2.24, 2.45) is 5.41 Å². The van der Waals surface area contributed by atoms with Crippen molar-refractivity contribution in [3.05, 3.63) is 23.0 Å². The van der Waals surface area contributed by atoms with Gasteiger partial charge in [0.05, 0.1) is 22.4 Å². The molecule has 0 atom stereocenters. The molecule has 0 saturated carbocycles. The van der Waals surface area contributed by atoms with Crippen LogP contribution in [0.1, 0.15) is 35.6 Å². The standard InChI is InChI=1S/C12H17N3O3/c1-7-5-9(8(2)15-14-7)10(16)13-6-12(3,4)11(17)18/h5H,6H2,1-4H3,(H,13,16)(H,17,18). The van der Waals surface area contributed by atoms with Gasteiger partial charge in [-0.15, -0.1) is 0 Å². The second-order valence-corrected chi connectivity index (χ2v) is 4.86. The fraction of sp³-hybridized carbons (Fsp3) is 0.500. The number of amides is 1. The van der Waals surface area contributed by atoms with Crippen molar-refractivity contribution in [2.45, 2.75) is 27.7 Å². The SMILES string of the molecule is Cc1cc(C(=O)NCC(C)(C)C(=O)O)c(C)nn1. The lowest BCUT2D eigenvalue weighted by molar-refractivity contribution is -0.146. The predicted molar refractivity (Wildman–Crippen MR) is 65.3 cm³/mol. The van der Waals surface area contributed by atoms with Crippen LogP contribution in [-0.2, 0) is 4.79 Å². The monoisotopic (exact) mass is 251 g/mol. The smallest absolute Gasteiger partial charge is 0.310 e. The van der Waals surface area contributed by atoms with E-state index in [1.807, 2.05) is 0 Å². The van der Waals surface area contributed by atoms with Crippen molar-refractivity contribution in [3.63, 3.8) is 0 Å². The van der Waals surface area contributed by atoms with Crippen molar-refractivity contribution in [1.29, 1.82) is 0 Å². The lowest BCUT2D eigenvalue weighted by atomic mass is 9.94. The number of aromatic nitrogens is 2. The van der Waals surface area contributed by atoms with Crippen molar-refractivity contribution < 1.29 is 14.7 Å². The molecule has 0 aliphatic heterocycles. The molecule has 0 spiro atoms. The molecule has 1 rings (SSSR count). The summed E-state index contributed by atoms with van der Waals surface area (Å²) in [5, 5.41) is 19.2. The third kappa shape index (κ3) is 3.26. The molecule has 1 aromatic rings. The lowest BCUT2D eigenvalue weighted by Gasteiger charge is -2.19. The molecule has 0 fully saturated rings. The van der Waals surface area contributed by atoms with Crippen LogP contribution in [0.25, 0.3) is 0 Å². The molecule has 0 bridgehead atoms. The van der Waals surface area contributed by atoms with Gasteiger partial charge in [-0.25, -0.2) is 0 Å². The first-order valence-electron chi connectivity index (χ1n) is 5.56. The summed E-state index contributed by atoms with van der Waals surface area (Å²) in [5.41, 5.74) is 0.581. The van der Waals surface area contributed by atoms with Gasteiger partial charge in [-0.05, 0) is 33.8 Å². The molecule has 18 heavy (non-hydrogen) atoms. The molecule has 1 heterocycles. The number of aliphatic carboxylic acids is 1. The number of nitrogens with one attached hydrogen (secondary N) is 1. The zero-order valence-corrected chi connectivity index (χ0v) is 10.9. The van der Waals surface area contributed by atoms with E-state index in [1.54, 1.807) is 33.8 Å². The van der Waals surface area contributed by atoms with Gasteiger partial charge in [-0.3, -0.25) is 9.59 Å². The Balaban J connectivity index is 2.78. The van der Waals surface area contributed by atoms with Gasteiger partial charge in [0.15, 0.2) is 0 Å². The van der Waals surface area contributed by atoms with Crippen LogP contribution in [0.4, 0.5) is 0 Å². The van der Waals surface area contributed by atoms with Gasteiger partial charge in [0.25, 0.3) is 5.91 Å². The molecule has 0 saturated heterocycles. The Morgan fingerprint density at radius 1 is 1.33 bits per heavy atom. The van der Waals surface area contributed by atoms with Gasteiger partial charge in [-0.2, -0.15) is 10.2 Å². The number of hydrogen-bond donors (Lipinski definition) is 2. The average molecular weight is 251 g/mol. The Labute approximate surface area is 105 Å². The number of rotatable bonds is 4. The minimum atomic E-state index is -1.00. The molecule has 2 N–H and O–H groups in total. The summed E-state index contributed by atoms with van der Waals surface area (Å²) in [7, 11) is 0. The lowest BCUT2D eigenvalue weighted by Crippen LogP contribution is -2.39. The molecule has 6 heteroatoms. The summed E-state index contributed by atoms with van der Waals surface area (Å²) in [6.45, 7) is 6.59. The number of carbonyl (C=O) groups excluding carboxylic acids is 1. The molecule has 0 radical (unpaired) electrons. The van der Waals surface area contributed by atoms with E-state index >= 15 is 0 Å². The number of nitrogens with zero attached hydrogens (tertiary/aromatic N) is 2. The van der Waals surface area contributed by atoms with Crippen molar-refractivity contribution >= 4 is 11.9 Å². The summed E-state index contributed by atoms with van der Waals surface area (Å²) < 4.78 is 0. The van der Waals surface area contributed by atoms with E-state index in [0.717, 1.165) is 0 Å². The molecular weight excluding hydrogens is 234 g/mol. The second-order valence-electron chi connectivity index (χ2n) is 4.86. The Hall–Kier alpha value is -1.98. The summed E-state index contributed by atoms with van der Waals surface area (Å²) >= 11 is 0. The van der Waals surface area contributed by atoms with Crippen LogP contribution in [0.15, 0.2) is 6.07 Å². The topological polar surface area (TPSA) is 92.2 Å². The molecule has 1 amide bonds. The van der Waals surface area contributed by atoms with Gasteiger partial charge in [0.1, 0.15) is 0 Å². The maximum absolute atomic E-state index is 11.9. The summed E-state index contributed by atoms with van der Waals surface area (Å²) in [6.07, 6.45) is 0. The van der Waals surface area contributed by atoms with Crippen LogP contribution >= 0.6 is 0 Å². The van der Waals surface area contributed by atoms with Crippen LogP contribution < -0.4 is 5.32 Å². The van der Waals surface area contributed by atoms with Crippen molar-refractivity contribution in [1.82, 2.24) is 15.5 Å². The van der Waals surface area contributed by atoms with Crippen molar-refractivity contribution in [2.75, 3.05) is 6.54 Å². The summed E-state index contributed by atoms with van der Waals surface area (Å²) in [4.78, 5) is 22.8. The quantitative estimate of drug-likeness (QED) is 0.830. The molecule has 0 aliphatic carbocycles. The van der Waals surface area contributed by atoms with Crippen LogP contribution in [0.3, 0.4) is 0 Å². The fourth-order valence-electron chi connectivity index (χ4n) is 1.25. The Morgan fingerprint density at radius 2 is 1.94 bits per heavy atom. The zero-order chi connectivity index (χ0) is 13.9. The van der Waals surface area contributed by atoms with Crippen LogP contribution in [0.5, 0.6) is 0 Å². The Bertz CT molecular complexity index is 483. The largest absolute Gasteiger partial charge is 0.481 e. The molecule has 0 aliphatic rings. The van der Waals surface area contributed by atoms with Crippen LogP contribution in [0.2, 0.25) is 0 Å². The molecule has 6 nitrogen and oxygen atoms in total. The number of carboxylic acids is 1. The molecular formula is C12H17N3O3. The highest BCUT2D eigenvalue weighted by atomic mass is 16.4.